The Labute approximate surface area is 116 Å². The van der Waals surface area contributed by atoms with Gasteiger partial charge in [0.05, 0.1) is 12.8 Å². The number of nitrogens with one attached hydrogen (secondary N) is 1. The molecule has 20 heavy (non-hydrogen) atoms. The first-order valence-electron chi connectivity index (χ1n) is 6.21. The van der Waals surface area contributed by atoms with Gasteiger partial charge in [0.1, 0.15) is 17.0 Å². The number of nitrogens with zero attached hydrogens (tertiary/aromatic N) is 3. The molecule has 108 valence electrons. The molecule has 2 heterocycles. The maximum atomic E-state index is 12.2. The largest absolute Gasteiger partial charge is 0.393 e. The second-order valence-corrected chi connectivity index (χ2v) is 4.93. The Morgan fingerprint density at radius 3 is 2.70 bits per heavy atom. The molecule has 0 aliphatic heterocycles. The van der Waals surface area contributed by atoms with Gasteiger partial charge in [0, 0.05) is 26.0 Å². The summed E-state index contributed by atoms with van der Waals surface area (Å²) >= 11 is 0. The molecule has 7 heteroatoms. The van der Waals surface area contributed by atoms with Crippen molar-refractivity contribution < 1.29 is 15.0 Å². The van der Waals surface area contributed by atoms with E-state index >= 15 is 0 Å². The van der Waals surface area contributed by atoms with E-state index in [0.717, 1.165) is 0 Å². The molecule has 7 nitrogen and oxygen atoms in total. The monoisotopic (exact) mass is 278 g/mol. The molecule has 0 saturated carbocycles. The standard InChI is InChI=1S/C13H18N4O3/c1-13(20,9-18)8-14-11(19)10-7-15-16(2)12(10)17-5-3-4-6-17/h3-7,18,20H,8-9H2,1-2H3,(H,14,19). The molecule has 0 bridgehead atoms. The summed E-state index contributed by atoms with van der Waals surface area (Å²) in [5.74, 6) is 0.284. The van der Waals surface area contributed by atoms with Crippen molar-refractivity contribution in [3.63, 3.8) is 0 Å². The number of hydrogen-bond acceptors (Lipinski definition) is 4. The summed E-state index contributed by atoms with van der Waals surface area (Å²) in [4.78, 5) is 12.2. The third kappa shape index (κ3) is 2.89. The highest BCUT2D eigenvalue weighted by Crippen LogP contribution is 2.14. The van der Waals surface area contributed by atoms with Gasteiger partial charge in [-0.3, -0.25) is 9.48 Å². The van der Waals surface area contributed by atoms with Crippen LogP contribution in [-0.2, 0) is 7.05 Å². The van der Waals surface area contributed by atoms with Crippen LogP contribution in [0.5, 0.6) is 0 Å². The Morgan fingerprint density at radius 2 is 2.10 bits per heavy atom. The zero-order valence-corrected chi connectivity index (χ0v) is 11.4. The van der Waals surface area contributed by atoms with Crippen molar-refractivity contribution in [3.8, 4) is 5.82 Å². The lowest BCUT2D eigenvalue weighted by molar-refractivity contribution is 0.00320. The maximum absolute atomic E-state index is 12.2. The van der Waals surface area contributed by atoms with E-state index in [1.165, 1.54) is 13.1 Å². The van der Waals surface area contributed by atoms with Crippen molar-refractivity contribution in [2.24, 2.45) is 7.05 Å². The van der Waals surface area contributed by atoms with Crippen LogP contribution in [0.4, 0.5) is 0 Å². The molecule has 0 radical (unpaired) electrons. The van der Waals surface area contributed by atoms with Gasteiger partial charge in [-0.2, -0.15) is 5.10 Å². The molecule has 2 aromatic rings. The number of aryl methyl sites for hydroxylation is 1. The van der Waals surface area contributed by atoms with E-state index in [9.17, 15) is 9.90 Å². The molecule has 1 amide bonds. The third-order valence-corrected chi connectivity index (χ3v) is 2.97. The summed E-state index contributed by atoms with van der Waals surface area (Å²) in [6.45, 7) is 0.983. The highest BCUT2D eigenvalue weighted by molar-refractivity contribution is 5.97. The fraction of sp³-hybridized carbons (Fsp3) is 0.385. The molecule has 0 aromatic carbocycles. The van der Waals surface area contributed by atoms with Gasteiger partial charge < -0.3 is 20.1 Å². The minimum atomic E-state index is -1.34. The van der Waals surface area contributed by atoms with Gasteiger partial charge in [0.25, 0.3) is 5.91 Å². The molecule has 0 aliphatic carbocycles. The lowest BCUT2D eigenvalue weighted by atomic mass is 10.1. The quantitative estimate of drug-likeness (QED) is 0.699. The highest BCUT2D eigenvalue weighted by atomic mass is 16.3. The topological polar surface area (TPSA) is 92.3 Å². The minimum absolute atomic E-state index is 0.0393. The number of aliphatic hydroxyl groups is 2. The average molecular weight is 278 g/mol. The molecule has 1 unspecified atom stereocenters. The van der Waals surface area contributed by atoms with E-state index in [1.807, 2.05) is 24.5 Å². The van der Waals surface area contributed by atoms with Gasteiger partial charge in [0.15, 0.2) is 0 Å². The summed E-state index contributed by atoms with van der Waals surface area (Å²) < 4.78 is 3.38. The van der Waals surface area contributed by atoms with Crippen LogP contribution in [0.1, 0.15) is 17.3 Å². The summed E-state index contributed by atoms with van der Waals surface area (Å²) in [5.41, 5.74) is -0.941. The highest BCUT2D eigenvalue weighted by Gasteiger charge is 2.22. The van der Waals surface area contributed by atoms with Gasteiger partial charge in [-0.05, 0) is 19.1 Å². The molecule has 0 fully saturated rings. The van der Waals surface area contributed by atoms with E-state index < -0.39 is 12.2 Å². The first-order valence-corrected chi connectivity index (χ1v) is 6.21. The van der Waals surface area contributed by atoms with E-state index in [4.69, 9.17) is 5.11 Å². The Bertz CT molecular complexity index is 587. The van der Waals surface area contributed by atoms with Gasteiger partial charge in [-0.1, -0.05) is 0 Å². The van der Waals surface area contributed by atoms with Crippen molar-refractivity contribution in [3.05, 3.63) is 36.3 Å². The molecule has 2 rings (SSSR count). The van der Waals surface area contributed by atoms with Crippen molar-refractivity contribution in [2.75, 3.05) is 13.2 Å². The number of aliphatic hydroxyl groups excluding tert-OH is 1. The summed E-state index contributed by atoms with van der Waals surface area (Å²) in [7, 11) is 1.75. The third-order valence-electron chi connectivity index (χ3n) is 2.97. The first-order chi connectivity index (χ1) is 9.44. The van der Waals surface area contributed by atoms with Crippen LogP contribution in [0.2, 0.25) is 0 Å². The van der Waals surface area contributed by atoms with E-state index in [0.29, 0.717) is 11.4 Å². The fourth-order valence-corrected chi connectivity index (χ4v) is 1.79. The lowest BCUT2D eigenvalue weighted by Gasteiger charge is -2.20. The smallest absolute Gasteiger partial charge is 0.256 e. The van der Waals surface area contributed by atoms with Crippen LogP contribution in [0.15, 0.2) is 30.7 Å². The Morgan fingerprint density at radius 1 is 1.45 bits per heavy atom. The van der Waals surface area contributed by atoms with Gasteiger partial charge in [0.2, 0.25) is 0 Å². The zero-order chi connectivity index (χ0) is 14.8. The SMILES string of the molecule is Cn1ncc(C(=O)NCC(C)(O)CO)c1-n1cccc1. The number of carbonyl (C=O) groups excluding carboxylic acids is 1. The Hall–Kier alpha value is -2.12. The van der Waals surface area contributed by atoms with Crippen LogP contribution >= 0.6 is 0 Å². The predicted molar refractivity (Wildman–Crippen MR) is 72.6 cm³/mol. The summed E-state index contributed by atoms with van der Waals surface area (Å²) in [6, 6.07) is 3.70. The van der Waals surface area contributed by atoms with Crippen molar-refractivity contribution in [2.45, 2.75) is 12.5 Å². The number of amides is 1. The lowest BCUT2D eigenvalue weighted by Crippen LogP contribution is -2.43. The van der Waals surface area contributed by atoms with Crippen LogP contribution in [0.25, 0.3) is 5.82 Å². The number of carbonyl (C=O) groups is 1. The van der Waals surface area contributed by atoms with Gasteiger partial charge in [-0.15, -0.1) is 0 Å². The van der Waals surface area contributed by atoms with Gasteiger partial charge in [-0.25, -0.2) is 0 Å². The van der Waals surface area contributed by atoms with Crippen molar-refractivity contribution >= 4 is 5.91 Å². The summed E-state index contributed by atoms with van der Waals surface area (Å²) in [5, 5.41) is 25.3. The molecular weight excluding hydrogens is 260 g/mol. The Kier molecular flexibility index (Phi) is 3.91. The summed E-state index contributed by atoms with van der Waals surface area (Å²) in [6.07, 6.45) is 5.10. The van der Waals surface area contributed by atoms with Crippen LogP contribution in [0, 0.1) is 0 Å². The normalized spacial score (nSPS) is 14.0. The van der Waals surface area contributed by atoms with E-state index in [2.05, 4.69) is 10.4 Å². The molecular formula is C13H18N4O3. The number of rotatable bonds is 5. The second kappa shape index (κ2) is 5.48. The van der Waals surface area contributed by atoms with Crippen LogP contribution < -0.4 is 5.32 Å². The molecule has 0 saturated heterocycles. The van der Waals surface area contributed by atoms with Crippen molar-refractivity contribution in [1.29, 1.82) is 0 Å². The molecule has 0 spiro atoms. The number of aromatic nitrogens is 3. The van der Waals surface area contributed by atoms with Crippen molar-refractivity contribution in [1.82, 2.24) is 19.7 Å². The zero-order valence-electron chi connectivity index (χ0n) is 11.4. The molecule has 2 aromatic heterocycles. The Balaban J connectivity index is 2.20. The van der Waals surface area contributed by atoms with Crippen LogP contribution in [-0.4, -0.2) is 49.2 Å². The van der Waals surface area contributed by atoms with E-state index in [1.54, 1.807) is 16.3 Å². The minimum Gasteiger partial charge on any atom is -0.393 e. The number of hydrogen-bond donors (Lipinski definition) is 3. The second-order valence-electron chi connectivity index (χ2n) is 4.93. The van der Waals surface area contributed by atoms with Gasteiger partial charge >= 0.3 is 0 Å². The predicted octanol–water partition coefficient (Wildman–Crippen LogP) is -0.316. The maximum Gasteiger partial charge on any atom is 0.256 e. The first kappa shape index (κ1) is 14.3. The molecule has 0 aliphatic rings. The fourth-order valence-electron chi connectivity index (χ4n) is 1.79. The average Bonchev–Trinajstić information content (AvgIpc) is 3.05. The van der Waals surface area contributed by atoms with E-state index in [-0.39, 0.29) is 12.5 Å². The molecule has 1 atom stereocenters. The molecule has 3 N–H and O–H groups in total. The van der Waals surface area contributed by atoms with Crippen LogP contribution in [0.3, 0.4) is 0 Å².